The maximum Gasteiger partial charge on any atom is 0.147 e. The van der Waals surface area contributed by atoms with Crippen LogP contribution in [0.2, 0.25) is 5.15 Å². The van der Waals surface area contributed by atoms with Crippen molar-refractivity contribution in [2.75, 3.05) is 11.9 Å². The standard InChI is InChI=1S/C10H12ClN3O/c11-9-6-14-10(7-12-9)13-5-8-3-1-2-4-15-8/h2,4,6-8H,1,3,5H2,(H,13,14). The number of hydrogen-bond acceptors (Lipinski definition) is 4. The number of hydrogen-bond donors (Lipinski definition) is 1. The molecule has 1 unspecified atom stereocenters. The van der Waals surface area contributed by atoms with E-state index in [1.165, 1.54) is 6.20 Å². The summed E-state index contributed by atoms with van der Waals surface area (Å²) in [5.74, 6) is 0.720. The summed E-state index contributed by atoms with van der Waals surface area (Å²) in [7, 11) is 0. The number of aromatic nitrogens is 2. The summed E-state index contributed by atoms with van der Waals surface area (Å²) >= 11 is 5.63. The molecule has 1 aromatic rings. The van der Waals surface area contributed by atoms with Crippen LogP contribution in [0.1, 0.15) is 12.8 Å². The molecule has 0 radical (unpaired) electrons. The molecule has 0 saturated heterocycles. The Labute approximate surface area is 93.3 Å². The Morgan fingerprint density at radius 2 is 2.40 bits per heavy atom. The average molecular weight is 226 g/mol. The van der Waals surface area contributed by atoms with E-state index >= 15 is 0 Å². The van der Waals surface area contributed by atoms with Gasteiger partial charge in [-0.1, -0.05) is 11.6 Å². The van der Waals surface area contributed by atoms with E-state index in [9.17, 15) is 0 Å². The van der Waals surface area contributed by atoms with Gasteiger partial charge < -0.3 is 10.1 Å². The van der Waals surface area contributed by atoms with Crippen molar-refractivity contribution < 1.29 is 4.74 Å². The van der Waals surface area contributed by atoms with Crippen LogP contribution in [0.25, 0.3) is 0 Å². The first-order valence-electron chi connectivity index (χ1n) is 4.86. The summed E-state index contributed by atoms with van der Waals surface area (Å²) in [4.78, 5) is 8.01. The van der Waals surface area contributed by atoms with Gasteiger partial charge in [0.15, 0.2) is 0 Å². The molecule has 0 saturated carbocycles. The van der Waals surface area contributed by atoms with Crippen molar-refractivity contribution in [3.05, 3.63) is 29.9 Å². The van der Waals surface area contributed by atoms with E-state index in [0.29, 0.717) is 5.15 Å². The van der Waals surface area contributed by atoms with Crippen molar-refractivity contribution in [3.63, 3.8) is 0 Å². The van der Waals surface area contributed by atoms with E-state index in [0.717, 1.165) is 25.2 Å². The van der Waals surface area contributed by atoms with Crippen LogP contribution in [0, 0.1) is 0 Å². The summed E-state index contributed by atoms with van der Waals surface area (Å²) in [6.07, 6.45) is 9.23. The molecule has 0 spiro atoms. The molecular formula is C10H12ClN3O. The average Bonchev–Trinajstić information content (AvgIpc) is 2.30. The van der Waals surface area contributed by atoms with Gasteiger partial charge in [-0.2, -0.15) is 0 Å². The Morgan fingerprint density at radius 3 is 3.07 bits per heavy atom. The van der Waals surface area contributed by atoms with Crippen LogP contribution < -0.4 is 5.32 Å². The van der Waals surface area contributed by atoms with Crippen LogP contribution in [-0.2, 0) is 4.74 Å². The minimum atomic E-state index is 0.215. The summed E-state index contributed by atoms with van der Waals surface area (Å²) in [6, 6.07) is 0. The van der Waals surface area contributed by atoms with Crippen molar-refractivity contribution in [2.24, 2.45) is 0 Å². The van der Waals surface area contributed by atoms with E-state index in [4.69, 9.17) is 16.3 Å². The SMILES string of the molecule is Clc1cnc(NCC2CCC=CO2)cn1. The summed E-state index contributed by atoms with van der Waals surface area (Å²) in [5.41, 5.74) is 0. The van der Waals surface area contributed by atoms with E-state index in [1.807, 2.05) is 6.08 Å². The fraction of sp³-hybridized carbons (Fsp3) is 0.400. The second-order valence-corrected chi connectivity index (χ2v) is 3.70. The van der Waals surface area contributed by atoms with E-state index < -0.39 is 0 Å². The quantitative estimate of drug-likeness (QED) is 0.857. The van der Waals surface area contributed by atoms with E-state index in [-0.39, 0.29) is 6.10 Å². The Morgan fingerprint density at radius 1 is 1.47 bits per heavy atom. The molecule has 0 bridgehead atoms. The van der Waals surface area contributed by atoms with Crippen LogP contribution in [0.4, 0.5) is 5.82 Å². The highest BCUT2D eigenvalue weighted by atomic mass is 35.5. The van der Waals surface area contributed by atoms with Crippen molar-refractivity contribution in [3.8, 4) is 0 Å². The highest BCUT2D eigenvalue weighted by molar-refractivity contribution is 6.29. The topological polar surface area (TPSA) is 47.0 Å². The smallest absolute Gasteiger partial charge is 0.147 e. The molecule has 0 fully saturated rings. The Balaban J connectivity index is 1.82. The molecule has 1 aliphatic heterocycles. The maximum atomic E-state index is 5.63. The van der Waals surface area contributed by atoms with Gasteiger partial charge in [-0.05, 0) is 18.9 Å². The summed E-state index contributed by atoms with van der Waals surface area (Å²) in [5, 5.41) is 3.55. The normalized spacial score (nSPS) is 19.7. The number of anilines is 1. The number of nitrogens with one attached hydrogen (secondary N) is 1. The minimum Gasteiger partial charge on any atom is -0.497 e. The highest BCUT2D eigenvalue weighted by Crippen LogP contribution is 2.11. The van der Waals surface area contributed by atoms with Crippen molar-refractivity contribution in [1.29, 1.82) is 0 Å². The third-order valence-corrected chi connectivity index (χ3v) is 2.35. The number of rotatable bonds is 3. The zero-order valence-corrected chi connectivity index (χ0v) is 8.94. The van der Waals surface area contributed by atoms with E-state index in [1.54, 1.807) is 12.5 Å². The molecule has 1 aliphatic rings. The number of nitrogens with zero attached hydrogens (tertiary/aromatic N) is 2. The first-order chi connectivity index (χ1) is 7.34. The van der Waals surface area contributed by atoms with Crippen LogP contribution in [0.5, 0.6) is 0 Å². The molecule has 1 atom stereocenters. The van der Waals surface area contributed by atoms with Crippen LogP contribution >= 0.6 is 11.6 Å². The van der Waals surface area contributed by atoms with Gasteiger partial charge >= 0.3 is 0 Å². The molecule has 2 rings (SSSR count). The van der Waals surface area contributed by atoms with Crippen LogP contribution in [-0.4, -0.2) is 22.6 Å². The lowest BCUT2D eigenvalue weighted by Gasteiger charge is -2.19. The molecular weight excluding hydrogens is 214 g/mol. The van der Waals surface area contributed by atoms with Crippen LogP contribution in [0.15, 0.2) is 24.7 Å². The molecule has 0 amide bonds. The molecule has 1 aromatic heterocycles. The van der Waals surface area contributed by atoms with Crippen molar-refractivity contribution in [2.45, 2.75) is 18.9 Å². The van der Waals surface area contributed by atoms with Gasteiger partial charge in [-0.3, -0.25) is 0 Å². The first-order valence-corrected chi connectivity index (χ1v) is 5.24. The van der Waals surface area contributed by atoms with Gasteiger partial charge in [-0.15, -0.1) is 0 Å². The minimum absolute atomic E-state index is 0.215. The molecule has 4 nitrogen and oxygen atoms in total. The molecule has 2 heterocycles. The fourth-order valence-corrected chi connectivity index (χ4v) is 1.45. The van der Waals surface area contributed by atoms with Gasteiger partial charge in [0.05, 0.1) is 25.2 Å². The number of allylic oxidation sites excluding steroid dienone is 1. The zero-order chi connectivity index (χ0) is 10.5. The molecule has 5 heteroatoms. The first kappa shape index (κ1) is 10.2. The van der Waals surface area contributed by atoms with Gasteiger partial charge in [0.1, 0.15) is 17.1 Å². The fourth-order valence-electron chi connectivity index (χ4n) is 1.36. The largest absolute Gasteiger partial charge is 0.497 e. The number of ether oxygens (including phenoxy) is 1. The Bertz CT molecular complexity index is 339. The molecule has 0 aliphatic carbocycles. The van der Waals surface area contributed by atoms with Crippen molar-refractivity contribution >= 4 is 17.4 Å². The second-order valence-electron chi connectivity index (χ2n) is 3.31. The van der Waals surface area contributed by atoms with Gasteiger partial charge in [-0.25, -0.2) is 9.97 Å². The van der Waals surface area contributed by atoms with Crippen molar-refractivity contribution in [1.82, 2.24) is 9.97 Å². The van der Waals surface area contributed by atoms with Gasteiger partial charge in [0.2, 0.25) is 0 Å². The van der Waals surface area contributed by atoms with Gasteiger partial charge in [0.25, 0.3) is 0 Å². The lowest BCUT2D eigenvalue weighted by molar-refractivity contribution is 0.135. The predicted octanol–water partition coefficient (Wildman–Crippen LogP) is 2.23. The predicted molar refractivity (Wildman–Crippen MR) is 58.8 cm³/mol. The molecule has 1 N–H and O–H groups in total. The molecule has 15 heavy (non-hydrogen) atoms. The highest BCUT2D eigenvalue weighted by Gasteiger charge is 2.10. The third-order valence-electron chi connectivity index (χ3n) is 2.15. The Kier molecular flexibility index (Phi) is 3.40. The molecule has 80 valence electrons. The number of halogens is 1. The summed E-state index contributed by atoms with van der Waals surface area (Å²) < 4.78 is 5.41. The van der Waals surface area contributed by atoms with Crippen LogP contribution in [0.3, 0.4) is 0 Å². The second kappa shape index (κ2) is 4.98. The monoisotopic (exact) mass is 225 g/mol. The zero-order valence-electron chi connectivity index (χ0n) is 8.19. The van der Waals surface area contributed by atoms with Gasteiger partial charge in [0, 0.05) is 0 Å². The van der Waals surface area contributed by atoms with E-state index in [2.05, 4.69) is 15.3 Å². The third kappa shape index (κ3) is 3.09. The lowest BCUT2D eigenvalue weighted by Crippen LogP contribution is -2.23. The molecule has 0 aromatic carbocycles. The summed E-state index contributed by atoms with van der Waals surface area (Å²) in [6.45, 7) is 0.737. The Hall–Kier alpha value is -1.29. The lowest BCUT2D eigenvalue weighted by atomic mass is 10.1. The maximum absolute atomic E-state index is 5.63.